The maximum Gasteiger partial charge on any atom is 0.227 e. The van der Waals surface area contributed by atoms with E-state index in [1.807, 2.05) is 0 Å². The van der Waals surface area contributed by atoms with Crippen LogP contribution in [-0.4, -0.2) is 80.2 Å². The highest BCUT2D eigenvalue weighted by atomic mass is 16.7. The zero-order valence-corrected chi connectivity index (χ0v) is 14.7. The van der Waals surface area contributed by atoms with Crippen LogP contribution in [0.2, 0.25) is 0 Å². The molecule has 1 aromatic rings. The lowest BCUT2D eigenvalue weighted by molar-refractivity contribution is -0.169. The molecule has 0 unspecified atom stereocenters. The Morgan fingerprint density at radius 1 is 0.917 bits per heavy atom. The fourth-order valence-corrected chi connectivity index (χ4v) is 3.71. The van der Waals surface area contributed by atoms with Gasteiger partial charge in [-0.05, 0) is 14.0 Å². The van der Waals surface area contributed by atoms with Gasteiger partial charge in [0, 0.05) is 63.9 Å². The Balaban J connectivity index is 1.47. The monoisotopic (exact) mass is 333 g/mol. The Kier molecular flexibility index (Phi) is 4.32. The number of aromatic nitrogens is 2. The first kappa shape index (κ1) is 16.1. The first-order valence-corrected chi connectivity index (χ1v) is 8.96. The molecule has 7 heteroatoms. The molecular formula is C17H27N5O2. The van der Waals surface area contributed by atoms with Crippen LogP contribution in [0, 0.1) is 6.92 Å². The van der Waals surface area contributed by atoms with Crippen molar-refractivity contribution in [3.05, 3.63) is 11.8 Å². The van der Waals surface area contributed by atoms with E-state index < -0.39 is 0 Å². The standard InChI is InChI=1S/C17H27N5O2/c1-14-13-15(19-16(18-14)22-9-7-20(2)8-10-22)21-5-3-17(4-6-21)23-11-12-24-17/h13H,3-12H2,1-2H3. The van der Waals surface area contributed by atoms with Gasteiger partial charge < -0.3 is 24.2 Å². The summed E-state index contributed by atoms with van der Waals surface area (Å²) in [6.07, 6.45) is 1.81. The minimum absolute atomic E-state index is 0.334. The third-order valence-corrected chi connectivity index (χ3v) is 5.28. The number of nitrogens with zero attached hydrogens (tertiary/aromatic N) is 5. The van der Waals surface area contributed by atoms with Crippen molar-refractivity contribution in [2.75, 3.05) is 69.3 Å². The van der Waals surface area contributed by atoms with Gasteiger partial charge in [-0.1, -0.05) is 0 Å². The van der Waals surface area contributed by atoms with Crippen LogP contribution < -0.4 is 9.80 Å². The zero-order chi connectivity index (χ0) is 16.6. The predicted molar refractivity (Wildman–Crippen MR) is 92.6 cm³/mol. The van der Waals surface area contributed by atoms with Crippen molar-refractivity contribution in [1.82, 2.24) is 14.9 Å². The van der Waals surface area contributed by atoms with E-state index in [0.29, 0.717) is 0 Å². The molecule has 24 heavy (non-hydrogen) atoms. The van der Waals surface area contributed by atoms with Gasteiger partial charge in [0.15, 0.2) is 5.79 Å². The molecule has 7 nitrogen and oxygen atoms in total. The van der Waals surface area contributed by atoms with Crippen LogP contribution in [0.5, 0.6) is 0 Å². The second-order valence-electron chi connectivity index (χ2n) is 7.05. The highest BCUT2D eigenvalue weighted by Crippen LogP contribution is 2.33. The lowest BCUT2D eigenvalue weighted by Gasteiger charge is -2.38. The van der Waals surface area contributed by atoms with Gasteiger partial charge in [-0.3, -0.25) is 0 Å². The summed E-state index contributed by atoms with van der Waals surface area (Å²) < 4.78 is 11.6. The fourth-order valence-electron chi connectivity index (χ4n) is 3.71. The van der Waals surface area contributed by atoms with E-state index >= 15 is 0 Å². The smallest absolute Gasteiger partial charge is 0.227 e. The molecule has 4 rings (SSSR count). The SMILES string of the molecule is Cc1cc(N2CCC3(CC2)OCCO3)nc(N2CCN(C)CC2)n1. The van der Waals surface area contributed by atoms with E-state index in [1.54, 1.807) is 0 Å². The van der Waals surface area contributed by atoms with Gasteiger partial charge >= 0.3 is 0 Å². The van der Waals surface area contributed by atoms with Crippen LogP contribution in [0.15, 0.2) is 6.07 Å². The number of likely N-dealkylation sites (N-methyl/N-ethyl adjacent to an activating group) is 1. The summed E-state index contributed by atoms with van der Waals surface area (Å²) in [6.45, 7) is 9.44. The van der Waals surface area contributed by atoms with Crippen LogP contribution >= 0.6 is 0 Å². The summed E-state index contributed by atoms with van der Waals surface area (Å²) in [5, 5.41) is 0. The molecule has 0 atom stereocenters. The topological polar surface area (TPSA) is 54.0 Å². The number of piperazine rings is 1. The van der Waals surface area contributed by atoms with E-state index in [-0.39, 0.29) is 5.79 Å². The molecule has 3 aliphatic heterocycles. The van der Waals surface area contributed by atoms with Crippen molar-refractivity contribution in [2.45, 2.75) is 25.6 Å². The third-order valence-electron chi connectivity index (χ3n) is 5.28. The zero-order valence-electron chi connectivity index (χ0n) is 14.7. The summed E-state index contributed by atoms with van der Waals surface area (Å²) in [6, 6.07) is 2.09. The number of hydrogen-bond donors (Lipinski definition) is 0. The molecule has 4 heterocycles. The number of ether oxygens (including phenoxy) is 2. The molecule has 0 bridgehead atoms. The minimum Gasteiger partial charge on any atom is -0.356 e. The second-order valence-corrected chi connectivity index (χ2v) is 7.05. The lowest BCUT2D eigenvalue weighted by atomic mass is 10.0. The van der Waals surface area contributed by atoms with Gasteiger partial charge in [0.1, 0.15) is 5.82 Å². The summed E-state index contributed by atoms with van der Waals surface area (Å²) >= 11 is 0. The van der Waals surface area contributed by atoms with Gasteiger partial charge in [0.05, 0.1) is 13.2 Å². The molecule has 132 valence electrons. The quantitative estimate of drug-likeness (QED) is 0.796. The molecule has 0 aliphatic carbocycles. The average Bonchev–Trinajstić information content (AvgIpc) is 3.04. The van der Waals surface area contributed by atoms with Crippen LogP contribution in [0.1, 0.15) is 18.5 Å². The molecule has 3 fully saturated rings. The summed E-state index contributed by atoms with van der Waals surface area (Å²) in [7, 11) is 2.16. The molecule has 1 spiro atoms. The summed E-state index contributed by atoms with van der Waals surface area (Å²) in [5.74, 6) is 1.56. The van der Waals surface area contributed by atoms with Crippen LogP contribution in [0.25, 0.3) is 0 Å². The Morgan fingerprint density at radius 3 is 2.25 bits per heavy atom. The molecule has 3 saturated heterocycles. The molecule has 0 N–H and O–H groups in total. The van der Waals surface area contributed by atoms with Gasteiger partial charge in [-0.25, -0.2) is 4.98 Å². The molecule has 0 aromatic carbocycles. The third kappa shape index (κ3) is 3.20. The number of rotatable bonds is 2. The lowest BCUT2D eigenvalue weighted by Crippen LogP contribution is -2.46. The van der Waals surface area contributed by atoms with Crippen molar-refractivity contribution in [3.63, 3.8) is 0 Å². The Bertz CT molecular complexity index is 572. The fraction of sp³-hybridized carbons (Fsp3) is 0.765. The first-order valence-electron chi connectivity index (χ1n) is 8.96. The average molecular weight is 333 g/mol. The van der Waals surface area contributed by atoms with Crippen molar-refractivity contribution in [3.8, 4) is 0 Å². The number of anilines is 2. The molecule has 3 aliphatic rings. The Morgan fingerprint density at radius 2 is 1.58 bits per heavy atom. The molecule has 0 amide bonds. The van der Waals surface area contributed by atoms with E-state index in [1.165, 1.54) is 0 Å². The van der Waals surface area contributed by atoms with Crippen LogP contribution in [-0.2, 0) is 9.47 Å². The van der Waals surface area contributed by atoms with E-state index in [4.69, 9.17) is 14.5 Å². The largest absolute Gasteiger partial charge is 0.356 e. The van der Waals surface area contributed by atoms with E-state index in [2.05, 4.69) is 39.7 Å². The predicted octanol–water partition coefficient (Wildman–Crippen LogP) is 0.880. The van der Waals surface area contributed by atoms with Crippen molar-refractivity contribution >= 4 is 11.8 Å². The second kappa shape index (κ2) is 6.46. The summed E-state index contributed by atoms with van der Waals surface area (Å²) in [5.41, 5.74) is 1.03. The van der Waals surface area contributed by atoms with Gasteiger partial charge in [0.2, 0.25) is 5.95 Å². The molecular weight excluding hydrogens is 306 g/mol. The van der Waals surface area contributed by atoms with Gasteiger partial charge in [-0.2, -0.15) is 4.98 Å². The van der Waals surface area contributed by atoms with Crippen LogP contribution in [0.3, 0.4) is 0 Å². The molecule has 0 radical (unpaired) electrons. The highest BCUT2D eigenvalue weighted by molar-refractivity contribution is 5.46. The van der Waals surface area contributed by atoms with Crippen molar-refractivity contribution in [2.24, 2.45) is 0 Å². The normalized spacial score (nSPS) is 24.8. The highest BCUT2D eigenvalue weighted by Gasteiger charge is 2.40. The van der Waals surface area contributed by atoms with E-state index in [0.717, 1.165) is 82.8 Å². The van der Waals surface area contributed by atoms with E-state index in [9.17, 15) is 0 Å². The molecule has 0 saturated carbocycles. The Labute approximate surface area is 143 Å². The number of hydrogen-bond acceptors (Lipinski definition) is 7. The summed E-state index contributed by atoms with van der Waals surface area (Å²) in [4.78, 5) is 16.5. The molecule has 1 aromatic heterocycles. The first-order chi connectivity index (χ1) is 11.6. The number of aryl methyl sites for hydroxylation is 1. The van der Waals surface area contributed by atoms with Gasteiger partial charge in [0.25, 0.3) is 0 Å². The number of piperidine rings is 1. The van der Waals surface area contributed by atoms with Crippen LogP contribution in [0.4, 0.5) is 11.8 Å². The minimum atomic E-state index is -0.334. The maximum atomic E-state index is 5.82. The van der Waals surface area contributed by atoms with Gasteiger partial charge in [-0.15, -0.1) is 0 Å². The van der Waals surface area contributed by atoms with Crippen molar-refractivity contribution in [1.29, 1.82) is 0 Å². The van der Waals surface area contributed by atoms with Crippen molar-refractivity contribution < 1.29 is 9.47 Å². The maximum absolute atomic E-state index is 5.82. The Hall–Kier alpha value is -1.44.